The fourth-order valence-electron chi connectivity index (χ4n) is 0.272. The number of carbonyl (C=O) groups is 1. The Hall–Kier alpha value is -0.860. The van der Waals surface area contributed by atoms with Gasteiger partial charge in [-0.25, -0.2) is 0 Å². The molecule has 46 valence electrons. The molecule has 0 fully saturated rings. The number of hydrogen-bond donors (Lipinski definition) is 0. The van der Waals surface area contributed by atoms with Gasteiger partial charge in [0, 0.05) is 6.54 Å². The Morgan fingerprint density at radius 2 is 2.50 bits per heavy atom. The molecule has 0 aromatic carbocycles. The lowest BCUT2D eigenvalue weighted by Crippen LogP contribution is -2.00. The number of hydrogen-bond acceptors (Lipinski definition) is 3. The second-order valence-electron chi connectivity index (χ2n) is 1.27. The lowest BCUT2D eigenvalue weighted by molar-refractivity contribution is -0.140. The molecule has 3 heteroatoms. The van der Waals surface area contributed by atoms with E-state index < -0.39 is 0 Å². The third-order valence-corrected chi connectivity index (χ3v) is 0.702. The molecule has 0 amide bonds. The zero-order valence-electron chi connectivity index (χ0n) is 4.89. The number of esters is 1. The molecule has 0 N–H and O–H groups in total. The van der Waals surface area contributed by atoms with E-state index in [4.69, 9.17) is 0 Å². The van der Waals surface area contributed by atoms with Crippen molar-refractivity contribution in [2.45, 2.75) is 6.42 Å². The van der Waals surface area contributed by atoms with Crippen LogP contribution < -0.4 is 0 Å². The average Bonchev–Trinajstić information content (AvgIpc) is 1.83. The van der Waals surface area contributed by atoms with Gasteiger partial charge >= 0.3 is 5.97 Å². The zero-order valence-corrected chi connectivity index (χ0v) is 4.89. The Morgan fingerprint density at radius 3 is 2.88 bits per heavy atom. The number of nitrogens with zero attached hydrogens (tertiary/aromatic N) is 1. The van der Waals surface area contributed by atoms with Crippen molar-refractivity contribution in [3.63, 3.8) is 0 Å². The van der Waals surface area contributed by atoms with Crippen LogP contribution in [0.5, 0.6) is 0 Å². The highest BCUT2D eigenvalue weighted by Crippen LogP contribution is 1.82. The monoisotopic (exact) mass is 115 g/mol. The summed E-state index contributed by atoms with van der Waals surface area (Å²) < 4.78 is 4.33. The summed E-state index contributed by atoms with van der Waals surface area (Å²) in [7, 11) is 1.35. The summed E-state index contributed by atoms with van der Waals surface area (Å²) in [5, 5.41) is 0. The Morgan fingerprint density at radius 1 is 1.88 bits per heavy atom. The lowest BCUT2D eigenvalue weighted by Gasteiger charge is -1.91. The normalized spacial score (nSPS) is 8.12. The predicted molar refractivity (Wildman–Crippen MR) is 31.0 cm³/mol. The quantitative estimate of drug-likeness (QED) is 0.390. The van der Waals surface area contributed by atoms with Gasteiger partial charge in [0.15, 0.2) is 0 Å². The largest absolute Gasteiger partial charge is 0.469 e. The van der Waals surface area contributed by atoms with Gasteiger partial charge in [-0.2, -0.15) is 0 Å². The van der Waals surface area contributed by atoms with E-state index in [9.17, 15) is 4.79 Å². The number of rotatable bonds is 3. The molecule has 8 heavy (non-hydrogen) atoms. The van der Waals surface area contributed by atoms with Crippen molar-refractivity contribution in [1.82, 2.24) is 0 Å². The van der Waals surface area contributed by atoms with Crippen molar-refractivity contribution >= 4 is 12.7 Å². The molecule has 0 aliphatic rings. The second-order valence-corrected chi connectivity index (χ2v) is 1.27. The summed E-state index contributed by atoms with van der Waals surface area (Å²) in [6.45, 7) is 3.66. The minimum Gasteiger partial charge on any atom is -0.469 e. The van der Waals surface area contributed by atoms with Crippen molar-refractivity contribution in [3.8, 4) is 0 Å². The number of methoxy groups -OCH3 is 1. The minimum absolute atomic E-state index is 0.239. The molecule has 0 aliphatic carbocycles. The Balaban J connectivity index is 3.11. The summed E-state index contributed by atoms with van der Waals surface area (Å²) in [5.74, 6) is -0.239. The van der Waals surface area contributed by atoms with E-state index in [1.807, 2.05) is 0 Å². The van der Waals surface area contributed by atoms with Gasteiger partial charge in [0.1, 0.15) is 0 Å². The topological polar surface area (TPSA) is 38.7 Å². The molecular formula is C5H9NO2. The van der Waals surface area contributed by atoms with E-state index in [0.29, 0.717) is 13.0 Å². The molecular weight excluding hydrogens is 106 g/mol. The van der Waals surface area contributed by atoms with Gasteiger partial charge in [-0.1, -0.05) is 0 Å². The molecule has 0 saturated heterocycles. The molecule has 0 heterocycles. The van der Waals surface area contributed by atoms with Crippen LogP contribution >= 0.6 is 0 Å². The lowest BCUT2D eigenvalue weighted by atomic mass is 10.4. The Labute approximate surface area is 48.4 Å². The summed E-state index contributed by atoms with van der Waals surface area (Å²) in [5.41, 5.74) is 0. The average molecular weight is 115 g/mol. The van der Waals surface area contributed by atoms with Gasteiger partial charge in [-0.15, -0.1) is 0 Å². The van der Waals surface area contributed by atoms with Crippen LogP contribution in [-0.4, -0.2) is 26.3 Å². The third-order valence-electron chi connectivity index (χ3n) is 0.702. The second kappa shape index (κ2) is 4.30. The van der Waals surface area contributed by atoms with E-state index >= 15 is 0 Å². The van der Waals surface area contributed by atoms with Gasteiger partial charge in [0.05, 0.1) is 13.5 Å². The summed E-state index contributed by atoms with van der Waals surface area (Å²) >= 11 is 0. The Bertz CT molecular complexity index is 90.4. The molecule has 0 aromatic heterocycles. The summed E-state index contributed by atoms with van der Waals surface area (Å²) in [6.07, 6.45) is 0.333. The highest BCUT2D eigenvalue weighted by Gasteiger charge is 1.94. The molecule has 0 rings (SSSR count). The molecule has 0 bridgehead atoms. The third kappa shape index (κ3) is 3.33. The standard InChI is InChI=1S/C5H9NO2/c1-6-4-3-5(7)8-2/h1,3-4H2,2H3. The Kier molecular flexibility index (Phi) is 3.84. The molecule has 0 atom stereocenters. The molecule has 0 unspecified atom stereocenters. The minimum atomic E-state index is -0.239. The highest BCUT2D eigenvalue weighted by atomic mass is 16.5. The van der Waals surface area contributed by atoms with Crippen LogP contribution in [0.25, 0.3) is 0 Å². The van der Waals surface area contributed by atoms with Gasteiger partial charge < -0.3 is 9.73 Å². The van der Waals surface area contributed by atoms with Crippen LogP contribution in [0.3, 0.4) is 0 Å². The number of carbonyl (C=O) groups excluding carboxylic acids is 1. The van der Waals surface area contributed by atoms with Crippen molar-refractivity contribution in [3.05, 3.63) is 0 Å². The molecule has 0 radical (unpaired) electrons. The van der Waals surface area contributed by atoms with Crippen LogP contribution in [0.4, 0.5) is 0 Å². The van der Waals surface area contributed by atoms with E-state index in [1.165, 1.54) is 7.11 Å². The molecule has 0 aliphatic heterocycles. The van der Waals surface area contributed by atoms with Crippen molar-refractivity contribution < 1.29 is 9.53 Å². The smallest absolute Gasteiger partial charge is 0.307 e. The van der Waals surface area contributed by atoms with Gasteiger partial charge in [0.25, 0.3) is 0 Å². The molecule has 0 aromatic rings. The summed E-state index contributed by atoms with van der Waals surface area (Å²) in [4.78, 5) is 13.7. The first-order valence-electron chi connectivity index (χ1n) is 2.30. The maximum atomic E-state index is 10.3. The van der Waals surface area contributed by atoms with Crippen molar-refractivity contribution in [2.75, 3.05) is 13.7 Å². The molecule has 3 nitrogen and oxygen atoms in total. The SMILES string of the molecule is C=NCCC(=O)OC. The first-order valence-corrected chi connectivity index (χ1v) is 2.30. The maximum absolute atomic E-state index is 10.3. The predicted octanol–water partition coefficient (Wildman–Crippen LogP) is 0.250. The van der Waals surface area contributed by atoms with Gasteiger partial charge in [0.2, 0.25) is 0 Å². The van der Waals surface area contributed by atoms with Crippen LogP contribution in [0, 0.1) is 0 Å². The van der Waals surface area contributed by atoms with Gasteiger partial charge in [-0.3, -0.25) is 4.79 Å². The van der Waals surface area contributed by atoms with Crippen LogP contribution in [0.2, 0.25) is 0 Å². The van der Waals surface area contributed by atoms with E-state index in [1.54, 1.807) is 0 Å². The fourth-order valence-corrected chi connectivity index (χ4v) is 0.272. The molecule has 0 spiro atoms. The van der Waals surface area contributed by atoms with Crippen LogP contribution in [-0.2, 0) is 9.53 Å². The number of ether oxygens (including phenoxy) is 1. The molecule has 0 saturated carbocycles. The van der Waals surface area contributed by atoms with Crippen LogP contribution in [0.15, 0.2) is 4.99 Å². The van der Waals surface area contributed by atoms with Crippen molar-refractivity contribution in [2.24, 2.45) is 4.99 Å². The van der Waals surface area contributed by atoms with E-state index in [-0.39, 0.29) is 5.97 Å². The fraction of sp³-hybridized carbons (Fsp3) is 0.600. The first-order chi connectivity index (χ1) is 3.81. The maximum Gasteiger partial charge on any atom is 0.307 e. The van der Waals surface area contributed by atoms with Crippen molar-refractivity contribution in [1.29, 1.82) is 0 Å². The van der Waals surface area contributed by atoms with E-state index in [2.05, 4.69) is 16.4 Å². The number of aliphatic imine (C=N–C) groups is 1. The zero-order chi connectivity index (χ0) is 6.41. The van der Waals surface area contributed by atoms with E-state index in [0.717, 1.165) is 0 Å². The van der Waals surface area contributed by atoms with Crippen LogP contribution in [0.1, 0.15) is 6.42 Å². The van der Waals surface area contributed by atoms with Gasteiger partial charge in [-0.05, 0) is 6.72 Å². The summed E-state index contributed by atoms with van der Waals surface area (Å²) in [6, 6.07) is 0. The first kappa shape index (κ1) is 7.14. The highest BCUT2D eigenvalue weighted by molar-refractivity contribution is 5.69.